The molecule has 0 amide bonds. The van der Waals surface area contributed by atoms with Crippen LogP contribution in [0.2, 0.25) is 5.15 Å². The van der Waals surface area contributed by atoms with Crippen molar-refractivity contribution in [1.29, 1.82) is 0 Å². The molecule has 19 heavy (non-hydrogen) atoms. The highest BCUT2D eigenvalue weighted by atomic mass is 35.5. The number of aromatic nitrogens is 2. The summed E-state index contributed by atoms with van der Waals surface area (Å²) in [5, 5.41) is 10.8. The summed E-state index contributed by atoms with van der Waals surface area (Å²) in [5.41, 5.74) is 6.08. The number of nitrogens with zero attached hydrogens (tertiary/aromatic N) is 3. The maximum absolute atomic E-state index is 10.7. The van der Waals surface area contributed by atoms with Crippen molar-refractivity contribution in [3.63, 3.8) is 0 Å². The van der Waals surface area contributed by atoms with E-state index < -0.39 is 4.92 Å². The Bertz CT molecular complexity index is 628. The Balaban J connectivity index is 2.37. The summed E-state index contributed by atoms with van der Waals surface area (Å²) in [6.45, 7) is 1.76. The number of hydrogen-bond donors (Lipinski definition) is 1. The molecule has 0 spiro atoms. The molecular weight excluding hydrogens is 272 g/mol. The van der Waals surface area contributed by atoms with Crippen LogP contribution >= 0.6 is 11.6 Å². The lowest BCUT2D eigenvalue weighted by atomic mass is 10.2. The van der Waals surface area contributed by atoms with Gasteiger partial charge in [-0.1, -0.05) is 11.6 Å². The van der Waals surface area contributed by atoms with Crippen LogP contribution < -0.4 is 10.5 Å². The fourth-order valence-corrected chi connectivity index (χ4v) is 1.57. The van der Waals surface area contributed by atoms with Gasteiger partial charge < -0.3 is 10.5 Å². The first kappa shape index (κ1) is 13.0. The van der Waals surface area contributed by atoms with Gasteiger partial charge in [0.25, 0.3) is 5.69 Å². The predicted molar refractivity (Wildman–Crippen MR) is 69.4 cm³/mol. The Kier molecular flexibility index (Phi) is 3.48. The molecule has 1 aromatic heterocycles. The fourth-order valence-electron chi connectivity index (χ4n) is 1.39. The van der Waals surface area contributed by atoms with Gasteiger partial charge in [-0.15, -0.1) is 0 Å². The van der Waals surface area contributed by atoms with Crippen LogP contribution in [-0.2, 0) is 0 Å². The molecule has 0 fully saturated rings. The number of halogens is 1. The Morgan fingerprint density at radius 3 is 2.74 bits per heavy atom. The summed E-state index contributed by atoms with van der Waals surface area (Å²) < 4.78 is 5.44. The van der Waals surface area contributed by atoms with E-state index in [9.17, 15) is 10.1 Å². The van der Waals surface area contributed by atoms with Gasteiger partial charge in [-0.25, -0.2) is 4.98 Å². The lowest BCUT2D eigenvalue weighted by Crippen LogP contribution is -1.98. The second-order valence-electron chi connectivity index (χ2n) is 3.70. The minimum absolute atomic E-state index is 0.0365. The summed E-state index contributed by atoms with van der Waals surface area (Å²) in [6.07, 6.45) is 0. The highest BCUT2D eigenvalue weighted by Gasteiger charge is 2.11. The molecule has 0 atom stereocenters. The van der Waals surface area contributed by atoms with Crippen LogP contribution in [0.15, 0.2) is 24.3 Å². The minimum Gasteiger partial charge on any atom is -0.438 e. The van der Waals surface area contributed by atoms with Gasteiger partial charge in [0.1, 0.15) is 10.9 Å². The van der Waals surface area contributed by atoms with E-state index in [0.29, 0.717) is 5.75 Å². The van der Waals surface area contributed by atoms with E-state index >= 15 is 0 Å². The highest BCUT2D eigenvalue weighted by Crippen LogP contribution is 2.28. The van der Waals surface area contributed by atoms with E-state index in [1.54, 1.807) is 13.0 Å². The molecule has 1 aromatic carbocycles. The lowest BCUT2D eigenvalue weighted by Gasteiger charge is -2.08. The monoisotopic (exact) mass is 280 g/mol. The summed E-state index contributed by atoms with van der Waals surface area (Å²) in [7, 11) is 0. The molecule has 0 aliphatic heterocycles. The SMILES string of the molecule is Cc1ccc([N+](=O)[O-])cc1Oc1cc(Cl)nc(N)n1. The van der Waals surface area contributed by atoms with Gasteiger partial charge in [0, 0.05) is 12.1 Å². The van der Waals surface area contributed by atoms with Crippen LogP contribution in [0.4, 0.5) is 11.6 Å². The molecule has 2 N–H and O–H groups in total. The zero-order chi connectivity index (χ0) is 14.0. The van der Waals surface area contributed by atoms with Crippen molar-refractivity contribution in [3.8, 4) is 11.6 Å². The van der Waals surface area contributed by atoms with E-state index in [4.69, 9.17) is 22.1 Å². The third-order valence-electron chi connectivity index (χ3n) is 2.29. The third kappa shape index (κ3) is 3.08. The molecule has 7 nitrogen and oxygen atoms in total. The van der Waals surface area contributed by atoms with E-state index in [2.05, 4.69) is 9.97 Å². The number of nitrogen functional groups attached to an aromatic ring is 1. The Labute approximate surface area is 113 Å². The van der Waals surface area contributed by atoms with Gasteiger partial charge in [-0.2, -0.15) is 4.98 Å². The van der Waals surface area contributed by atoms with Crippen molar-refractivity contribution in [2.45, 2.75) is 6.92 Å². The number of nitro benzene ring substituents is 1. The molecule has 8 heteroatoms. The zero-order valence-corrected chi connectivity index (χ0v) is 10.6. The molecule has 0 bridgehead atoms. The maximum atomic E-state index is 10.7. The van der Waals surface area contributed by atoms with Gasteiger partial charge in [-0.3, -0.25) is 10.1 Å². The Morgan fingerprint density at radius 2 is 2.11 bits per heavy atom. The zero-order valence-electron chi connectivity index (χ0n) is 9.83. The predicted octanol–water partition coefficient (Wildman–Crippen LogP) is 2.72. The number of non-ortho nitro benzene ring substituents is 1. The van der Waals surface area contributed by atoms with Gasteiger partial charge in [0.2, 0.25) is 11.8 Å². The number of rotatable bonds is 3. The summed E-state index contributed by atoms with van der Waals surface area (Å²) in [6, 6.07) is 5.65. The molecule has 2 aromatic rings. The second kappa shape index (κ2) is 5.07. The van der Waals surface area contributed by atoms with Crippen molar-refractivity contribution in [1.82, 2.24) is 9.97 Å². The van der Waals surface area contributed by atoms with Crippen LogP contribution in [0, 0.1) is 17.0 Å². The van der Waals surface area contributed by atoms with Crippen molar-refractivity contribution >= 4 is 23.2 Å². The average molecular weight is 281 g/mol. The molecule has 0 unspecified atom stereocenters. The smallest absolute Gasteiger partial charge is 0.273 e. The molecule has 1 heterocycles. The van der Waals surface area contributed by atoms with E-state index in [-0.39, 0.29) is 22.7 Å². The largest absolute Gasteiger partial charge is 0.438 e. The van der Waals surface area contributed by atoms with E-state index in [1.807, 2.05) is 0 Å². The number of hydrogen-bond acceptors (Lipinski definition) is 6. The van der Waals surface area contributed by atoms with Crippen LogP contribution in [0.3, 0.4) is 0 Å². The minimum atomic E-state index is -0.506. The lowest BCUT2D eigenvalue weighted by molar-refractivity contribution is -0.384. The quantitative estimate of drug-likeness (QED) is 0.526. The molecule has 2 rings (SSSR count). The van der Waals surface area contributed by atoms with Gasteiger partial charge in [0.15, 0.2) is 0 Å². The number of aryl methyl sites for hydroxylation is 1. The first-order valence-corrected chi connectivity index (χ1v) is 5.56. The molecular formula is C11H9ClN4O3. The van der Waals surface area contributed by atoms with Crippen molar-refractivity contribution in [3.05, 3.63) is 45.1 Å². The van der Waals surface area contributed by atoms with E-state index in [1.165, 1.54) is 18.2 Å². The maximum Gasteiger partial charge on any atom is 0.273 e. The Morgan fingerprint density at radius 1 is 1.37 bits per heavy atom. The van der Waals surface area contributed by atoms with Crippen LogP contribution in [0.1, 0.15) is 5.56 Å². The first-order valence-electron chi connectivity index (χ1n) is 5.18. The number of nitro groups is 1. The topological polar surface area (TPSA) is 104 Å². The number of nitrogens with two attached hydrogens (primary N) is 1. The van der Waals surface area contributed by atoms with Gasteiger partial charge >= 0.3 is 0 Å². The molecule has 0 aliphatic carbocycles. The van der Waals surface area contributed by atoms with Gasteiger partial charge in [0.05, 0.1) is 11.0 Å². The van der Waals surface area contributed by atoms with Crippen LogP contribution in [-0.4, -0.2) is 14.9 Å². The second-order valence-corrected chi connectivity index (χ2v) is 4.08. The Hall–Kier alpha value is -2.41. The number of ether oxygens (including phenoxy) is 1. The van der Waals surface area contributed by atoms with Crippen LogP contribution in [0.25, 0.3) is 0 Å². The molecule has 0 saturated carbocycles. The average Bonchev–Trinajstić information content (AvgIpc) is 2.30. The molecule has 0 saturated heterocycles. The number of benzene rings is 1. The molecule has 0 radical (unpaired) electrons. The first-order chi connectivity index (χ1) is 8.95. The summed E-state index contributed by atoms with van der Waals surface area (Å²) >= 11 is 5.72. The van der Waals surface area contributed by atoms with Crippen molar-refractivity contribution < 1.29 is 9.66 Å². The van der Waals surface area contributed by atoms with Crippen LogP contribution in [0.5, 0.6) is 11.6 Å². The molecule has 0 aliphatic rings. The van der Waals surface area contributed by atoms with Gasteiger partial charge in [-0.05, 0) is 18.6 Å². The standard InChI is InChI=1S/C11H9ClN4O3/c1-6-2-3-7(16(17)18)4-8(6)19-10-5-9(12)14-11(13)15-10/h2-5H,1H3,(H2,13,14,15). The van der Waals surface area contributed by atoms with Crippen molar-refractivity contribution in [2.75, 3.05) is 5.73 Å². The third-order valence-corrected chi connectivity index (χ3v) is 2.48. The summed E-state index contributed by atoms with van der Waals surface area (Å²) in [4.78, 5) is 17.7. The van der Waals surface area contributed by atoms with E-state index in [0.717, 1.165) is 5.56 Å². The highest BCUT2D eigenvalue weighted by molar-refractivity contribution is 6.29. The number of anilines is 1. The summed E-state index contributed by atoms with van der Waals surface area (Å²) in [5.74, 6) is 0.398. The molecule has 98 valence electrons. The normalized spacial score (nSPS) is 10.2. The fraction of sp³-hybridized carbons (Fsp3) is 0.0909. The van der Waals surface area contributed by atoms with Crippen molar-refractivity contribution in [2.24, 2.45) is 0 Å².